The van der Waals surface area contributed by atoms with Crippen molar-refractivity contribution in [2.45, 2.75) is 13.3 Å². The van der Waals surface area contributed by atoms with Gasteiger partial charge in [-0.15, -0.1) is 0 Å². The average molecular weight is 162 g/mol. The van der Waals surface area contributed by atoms with Gasteiger partial charge in [-0.3, -0.25) is 4.79 Å². The maximum Gasteiger partial charge on any atom is 0.224 e. The summed E-state index contributed by atoms with van der Waals surface area (Å²) in [5.41, 5.74) is 1.04. The maximum atomic E-state index is 11.1. The van der Waals surface area contributed by atoms with Crippen molar-refractivity contribution in [3.05, 3.63) is 42.4 Å². The van der Waals surface area contributed by atoms with Gasteiger partial charge in [0.25, 0.3) is 0 Å². The quantitative estimate of drug-likeness (QED) is 0.717. The van der Waals surface area contributed by atoms with Crippen LogP contribution in [0.3, 0.4) is 0 Å². The Morgan fingerprint density at radius 1 is 1.42 bits per heavy atom. The topological polar surface area (TPSA) is 29.1 Å². The zero-order valence-electron chi connectivity index (χ0n) is 7.08. The lowest BCUT2D eigenvalue weighted by molar-refractivity contribution is -0.119. The molecule has 0 aliphatic carbocycles. The van der Waals surface area contributed by atoms with Gasteiger partial charge in [-0.25, -0.2) is 0 Å². The fourth-order valence-electron chi connectivity index (χ4n) is 0.993. The first-order valence-electron chi connectivity index (χ1n) is 3.94. The van der Waals surface area contributed by atoms with Gasteiger partial charge < -0.3 is 5.32 Å². The van der Waals surface area contributed by atoms with E-state index in [4.69, 9.17) is 0 Å². The monoisotopic (exact) mass is 162 g/mol. The molecule has 1 radical (unpaired) electrons. The van der Waals surface area contributed by atoms with E-state index in [0.29, 0.717) is 6.42 Å². The highest BCUT2D eigenvalue weighted by Crippen LogP contribution is 1.98. The molecule has 1 amide bonds. The molecule has 63 valence electrons. The standard InChI is InChI=1S/C10H12NO/c1-2-11-10(12)8-9-6-4-3-5-7-9/h2-7H,8H2,1H3,(H,11,12). The van der Waals surface area contributed by atoms with Crippen LogP contribution in [0.5, 0.6) is 0 Å². The van der Waals surface area contributed by atoms with E-state index in [9.17, 15) is 4.79 Å². The van der Waals surface area contributed by atoms with E-state index in [2.05, 4.69) is 5.32 Å². The summed E-state index contributed by atoms with van der Waals surface area (Å²) >= 11 is 0. The Morgan fingerprint density at radius 3 is 2.67 bits per heavy atom. The van der Waals surface area contributed by atoms with E-state index >= 15 is 0 Å². The largest absolute Gasteiger partial charge is 0.351 e. The van der Waals surface area contributed by atoms with Crippen LogP contribution in [-0.2, 0) is 11.2 Å². The highest BCUT2D eigenvalue weighted by atomic mass is 16.1. The Hall–Kier alpha value is -1.31. The van der Waals surface area contributed by atoms with Crippen molar-refractivity contribution in [1.82, 2.24) is 5.32 Å². The molecule has 0 unspecified atom stereocenters. The Labute approximate surface area is 72.6 Å². The van der Waals surface area contributed by atoms with Crippen molar-refractivity contribution in [3.63, 3.8) is 0 Å². The highest BCUT2D eigenvalue weighted by molar-refractivity contribution is 5.78. The van der Waals surface area contributed by atoms with E-state index in [1.165, 1.54) is 0 Å². The number of rotatable bonds is 3. The fourth-order valence-corrected chi connectivity index (χ4v) is 0.993. The summed E-state index contributed by atoms with van der Waals surface area (Å²) in [6.07, 6.45) is 0.450. The number of carbonyl (C=O) groups excluding carboxylic acids is 1. The molecule has 12 heavy (non-hydrogen) atoms. The molecule has 1 rings (SSSR count). The predicted octanol–water partition coefficient (Wildman–Crippen LogP) is 1.53. The lowest BCUT2D eigenvalue weighted by Gasteiger charge is -2.00. The van der Waals surface area contributed by atoms with Crippen molar-refractivity contribution >= 4 is 5.91 Å². The van der Waals surface area contributed by atoms with Gasteiger partial charge in [0, 0.05) is 6.54 Å². The lowest BCUT2D eigenvalue weighted by Crippen LogP contribution is -2.21. The maximum absolute atomic E-state index is 11.1. The zero-order chi connectivity index (χ0) is 8.81. The van der Waals surface area contributed by atoms with Gasteiger partial charge in [-0.1, -0.05) is 30.3 Å². The third-order valence-electron chi connectivity index (χ3n) is 1.51. The number of amides is 1. The molecule has 1 N–H and O–H groups in total. The molecule has 0 spiro atoms. The van der Waals surface area contributed by atoms with Gasteiger partial charge in [0.15, 0.2) is 0 Å². The summed E-state index contributed by atoms with van der Waals surface area (Å²) in [6, 6.07) is 9.67. The summed E-state index contributed by atoms with van der Waals surface area (Å²) < 4.78 is 0. The Kier molecular flexibility index (Phi) is 3.33. The molecule has 0 saturated carbocycles. The number of hydrogen-bond donors (Lipinski definition) is 1. The van der Waals surface area contributed by atoms with Crippen LogP contribution < -0.4 is 5.32 Å². The number of carbonyl (C=O) groups is 1. The third-order valence-corrected chi connectivity index (χ3v) is 1.51. The second-order valence-electron chi connectivity index (χ2n) is 2.52. The Morgan fingerprint density at radius 2 is 2.08 bits per heavy atom. The van der Waals surface area contributed by atoms with Gasteiger partial charge in [-0.2, -0.15) is 0 Å². The van der Waals surface area contributed by atoms with E-state index in [1.54, 1.807) is 13.5 Å². The summed E-state index contributed by atoms with van der Waals surface area (Å²) in [7, 11) is 0. The van der Waals surface area contributed by atoms with Crippen LogP contribution in [0.15, 0.2) is 30.3 Å². The van der Waals surface area contributed by atoms with Gasteiger partial charge in [0.05, 0.1) is 6.42 Å². The van der Waals surface area contributed by atoms with Crippen LogP contribution in [0.2, 0.25) is 0 Å². The summed E-state index contributed by atoms with van der Waals surface area (Å²) in [6.45, 7) is 3.44. The van der Waals surface area contributed by atoms with Crippen LogP contribution in [0, 0.1) is 6.54 Å². The van der Waals surface area contributed by atoms with Crippen molar-refractivity contribution in [3.8, 4) is 0 Å². The molecule has 0 bridgehead atoms. The Balaban J connectivity index is 2.47. The van der Waals surface area contributed by atoms with Crippen molar-refractivity contribution in [2.75, 3.05) is 0 Å². The van der Waals surface area contributed by atoms with E-state index in [-0.39, 0.29) is 5.91 Å². The first-order valence-corrected chi connectivity index (χ1v) is 3.94. The minimum Gasteiger partial charge on any atom is -0.351 e. The molecule has 0 heterocycles. The summed E-state index contributed by atoms with van der Waals surface area (Å²) in [5, 5.41) is 2.63. The Bertz CT molecular complexity index is 243. The molecule has 1 aromatic carbocycles. The lowest BCUT2D eigenvalue weighted by atomic mass is 10.1. The summed E-state index contributed by atoms with van der Waals surface area (Å²) in [4.78, 5) is 11.1. The molecule has 0 aliphatic heterocycles. The first-order chi connectivity index (χ1) is 5.83. The van der Waals surface area contributed by atoms with Crippen LogP contribution in [-0.4, -0.2) is 5.91 Å². The van der Waals surface area contributed by atoms with Crippen LogP contribution in [0.25, 0.3) is 0 Å². The normalized spacial score (nSPS) is 9.42. The molecule has 2 heteroatoms. The molecule has 1 aromatic rings. The SMILES string of the molecule is C[CH]NC(=O)Cc1ccccc1. The third kappa shape index (κ3) is 2.74. The van der Waals surface area contributed by atoms with Crippen molar-refractivity contribution in [1.29, 1.82) is 0 Å². The molecule has 0 aromatic heterocycles. The van der Waals surface area contributed by atoms with Gasteiger partial charge in [0.2, 0.25) is 5.91 Å². The zero-order valence-corrected chi connectivity index (χ0v) is 7.08. The molecule has 0 fully saturated rings. The molecule has 0 saturated heterocycles. The number of hydrogen-bond acceptors (Lipinski definition) is 1. The number of nitrogens with one attached hydrogen (secondary N) is 1. The van der Waals surface area contributed by atoms with Crippen LogP contribution in [0.4, 0.5) is 0 Å². The highest BCUT2D eigenvalue weighted by Gasteiger charge is 1.99. The van der Waals surface area contributed by atoms with Gasteiger partial charge >= 0.3 is 0 Å². The van der Waals surface area contributed by atoms with Crippen molar-refractivity contribution < 1.29 is 4.79 Å². The molecule has 2 nitrogen and oxygen atoms in total. The fraction of sp³-hybridized carbons (Fsp3) is 0.200. The molecular formula is C10H12NO. The molecule has 0 atom stereocenters. The summed E-state index contributed by atoms with van der Waals surface area (Å²) in [5.74, 6) is 0.0312. The van der Waals surface area contributed by atoms with Gasteiger partial charge in [-0.05, 0) is 12.5 Å². The second kappa shape index (κ2) is 4.54. The smallest absolute Gasteiger partial charge is 0.224 e. The van der Waals surface area contributed by atoms with Crippen LogP contribution in [0.1, 0.15) is 12.5 Å². The number of benzene rings is 1. The second-order valence-corrected chi connectivity index (χ2v) is 2.52. The predicted molar refractivity (Wildman–Crippen MR) is 48.3 cm³/mol. The van der Waals surface area contributed by atoms with Gasteiger partial charge in [0.1, 0.15) is 0 Å². The average Bonchev–Trinajstić information content (AvgIpc) is 2.06. The minimum atomic E-state index is 0.0312. The first kappa shape index (κ1) is 8.78. The molecule has 0 aliphatic rings. The molecular weight excluding hydrogens is 150 g/mol. The van der Waals surface area contributed by atoms with E-state index < -0.39 is 0 Å². The minimum absolute atomic E-state index is 0.0312. The van der Waals surface area contributed by atoms with E-state index in [0.717, 1.165) is 5.56 Å². The van der Waals surface area contributed by atoms with Crippen LogP contribution >= 0.6 is 0 Å². The van der Waals surface area contributed by atoms with E-state index in [1.807, 2.05) is 30.3 Å². The van der Waals surface area contributed by atoms with Crippen molar-refractivity contribution in [2.24, 2.45) is 0 Å².